The van der Waals surface area contributed by atoms with Crippen LogP contribution in [0.1, 0.15) is 13.3 Å². The maximum atomic E-state index is 4.21. The lowest BCUT2D eigenvalue weighted by atomic mass is 10.3. The van der Waals surface area contributed by atoms with Gasteiger partial charge >= 0.3 is 0 Å². The van der Waals surface area contributed by atoms with Crippen LogP contribution in [0.5, 0.6) is 0 Å². The molecule has 0 aliphatic heterocycles. The minimum absolute atomic E-state index is 0.852. The first-order valence-corrected chi connectivity index (χ1v) is 5.33. The van der Waals surface area contributed by atoms with Crippen molar-refractivity contribution in [1.29, 1.82) is 0 Å². The molecule has 0 aliphatic carbocycles. The van der Waals surface area contributed by atoms with Crippen molar-refractivity contribution in [3.8, 4) is 0 Å². The average Bonchev–Trinajstić information content (AvgIpc) is 2.58. The van der Waals surface area contributed by atoms with Crippen LogP contribution >= 0.6 is 15.9 Å². The highest BCUT2D eigenvalue weighted by Crippen LogP contribution is 2.27. The van der Waals surface area contributed by atoms with Crippen molar-refractivity contribution in [1.82, 2.24) is 15.0 Å². The molecule has 5 heteroatoms. The van der Waals surface area contributed by atoms with E-state index in [1.165, 1.54) is 0 Å². The van der Waals surface area contributed by atoms with Crippen molar-refractivity contribution in [3.63, 3.8) is 0 Å². The van der Waals surface area contributed by atoms with Crippen LogP contribution in [0.4, 0.5) is 5.82 Å². The molecule has 2 aromatic rings. The summed E-state index contributed by atoms with van der Waals surface area (Å²) in [5.41, 5.74) is 0.852. The lowest BCUT2D eigenvalue weighted by Gasteiger charge is -2.04. The van der Waals surface area contributed by atoms with E-state index in [2.05, 4.69) is 43.1 Å². The summed E-state index contributed by atoms with van der Waals surface area (Å²) in [5, 5.41) is 4.28. The van der Waals surface area contributed by atoms with E-state index >= 15 is 0 Å². The van der Waals surface area contributed by atoms with E-state index in [-0.39, 0.29) is 0 Å². The summed E-state index contributed by atoms with van der Waals surface area (Å²) in [6.45, 7) is 3.04. The van der Waals surface area contributed by atoms with Gasteiger partial charge in [0, 0.05) is 17.2 Å². The Morgan fingerprint density at radius 3 is 3.14 bits per heavy atom. The molecule has 4 nitrogen and oxygen atoms in total. The van der Waals surface area contributed by atoms with Crippen molar-refractivity contribution >= 4 is 32.8 Å². The van der Waals surface area contributed by atoms with Gasteiger partial charge in [-0.25, -0.2) is 9.97 Å². The molecule has 0 bridgehead atoms. The first-order chi connectivity index (χ1) is 6.83. The maximum Gasteiger partial charge on any atom is 0.144 e. The van der Waals surface area contributed by atoms with Crippen LogP contribution in [0, 0.1) is 0 Å². The number of nitrogens with zero attached hydrogens (tertiary/aromatic N) is 2. The van der Waals surface area contributed by atoms with Crippen LogP contribution in [0.15, 0.2) is 17.0 Å². The summed E-state index contributed by atoms with van der Waals surface area (Å²) in [5.74, 6) is 0.880. The molecule has 2 aromatic heterocycles. The fourth-order valence-corrected chi connectivity index (χ4v) is 1.79. The molecule has 74 valence electrons. The minimum Gasteiger partial charge on any atom is -0.369 e. The number of anilines is 1. The lowest BCUT2D eigenvalue weighted by Crippen LogP contribution is -2.02. The molecular formula is C9H11BrN4. The molecule has 0 aromatic carbocycles. The van der Waals surface area contributed by atoms with E-state index in [0.29, 0.717) is 0 Å². The fraction of sp³-hybridized carbons (Fsp3) is 0.333. The van der Waals surface area contributed by atoms with E-state index in [4.69, 9.17) is 0 Å². The van der Waals surface area contributed by atoms with Gasteiger partial charge in [-0.2, -0.15) is 0 Å². The molecule has 0 spiro atoms. The van der Waals surface area contributed by atoms with E-state index in [9.17, 15) is 0 Å². The standard InChI is InChI=1S/C9H11BrN4/c1-2-3-11-8-7-6(10)4-12-9(7)14-5-13-8/h4-5H,2-3H2,1H3,(H2,11,12,13,14). The highest BCUT2D eigenvalue weighted by molar-refractivity contribution is 9.10. The predicted molar refractivity (Wildman–Crippen MR) is 60.4 cm³/mol. The second-order valence-corrected chi connectivity index (χ2v) is 3.86. The summed E-state index contributed by atoms with van der Waals surface area (Å²) in [4.78, 5) is 11.4. The molecule has 0 atom stereocenters. The van der Waals surface area contributed by atoms with Gasteiger partial charge in [-0.3, -0.25) is 0 Å². The second-order valence-electron chi connectivity index (χ2n) is 3.01. The van der Waals surface area contributed by atoms with Crippen molar-refractivity contribution in [2.45, 2.75) is 13.3 Å². The number of aromatic nitrogens is 3. The van der Waals surface area contributed by atoms with Gasteiger partial charge in [0.2, 0.25) is 0 Å². The molecule has 0 aliphatic rings. The fourth-order valence-electron chi connectivity index (χ4n) is 1.30. The summed E-state index contributed by atoms with van der Waals surface area (Å²) >= 11 is 3.46. The Kier molecular flexibility index (Phi) is 2.67. The SMILES string of the molecule is CCCNc1ncnc2[nH]cc(Br)c12. The number of fused-ring (bicyclic) bond motifs is 1. The van der Waals surface area contributed by atoms with Gasteiger partial charge in [0.05, 0.1) is 5.39 Å². The molecule has 0 saturated heterocycles. The van der Waals surface area contributed by atoms with Crippen LogP contribution in [-0.2, 0) is 0 Å². The van der Waals surface area contributed by atoms with E-state index < -0.39 is 0 Å². The lowest BCUT2D eigenvalue weighted by molar-refractivity contribution is 0.969. The van der Waals surface area contributed by atoms with Gasteiger partial charge in [0.15, 0.2) is 0 Å². The van der Waals surface area contributed by atoms with Crippen molar-refractivity contribution in [2.75, 3.05) is 11.9 Å². The molecule has 2 heterocycles. The first-order valence-electron chi connectivity index (χ1n) is 4.54. The largest absolute Gasteiger partial charge is 0.369 e. The van der Waals surface area contributed by atoms with Crippen LogP contribution in [-0.4, -0.2) is 21.5 Å². The monoisotopic (exact) mass is 254 g/mol. The van der Waals surface area contributed by atoms with Crippen molar-refractivity contribution < 1.29 is 0 Å². The van der Waals surface area contributed by atoms with Crippen LogP contribution in [0.3, 0.4) is 0 Å². The molecule has 0 fully saturated rings. The zero-order chi connectivity index (χ0) is 9.97. The Balaban J connectivity index is 2.46. The highest BCUT2D eigenvalue weighted by Gasteiger charge is 2.07. The normalized spacial score (nSPS) is 10.7. The van der Waals surface area contributed by atoms with Crippen LogP contribution < -0.4 is 5.32 Å². The number of halogens is 1. The molecule has 2 N–H and O–H groups in total. The summed E-state index contributed by atoms with van der Waals surface area (Å²) in [6, 6.07) is 0. The molecule has 14 heavy (non-hydrogen) atoms. The third-order valence-electron chi connectivity index (χ3n) is 1.96. The third kappa shape index (κ3) is 1.59. The Labute approximate surface area is 90.3 Å². The summed E-state index contributed by atoms with van der Waals surface area (Å²) in [6.07, 6.45) is 4.51. The number of nitrogens with one attached hydrogen (secondary N) is 2. The second kappa shape index (κ2) is 3.96. The van der Waals surface area contributed by atoms with E-state index in [0.717, 1.165) is 34.3 Å². The number of hydrogen-bond donors (Lipinski definition) is 2. The highest BCUT2D eigenvalue weighted by atomic mass is 79.9. The summed E-state index contributed by atoms with van der Waals surface area (Å²) < 4.78 is 0.992. The first kappa shape index (κ1) is 9.45. The Morgan fingerprint density at radius 1 is 1.50 bits per heavy atom. The smallest absolute Gasteiger partial charge is 0.144 e. The Morgan fingerprint density at radius 2 is 2.36 bits per heavy atom. The Bertz CT molecular complexity index is 437. The molecular weight excluding hydrogens is 244 g/mol. The van der Waals surface area contributed by atoms with Crippen molar-refractivity contribution in [3.05, 3.63) is 17.0 Å². The van der Waals surface area contributed by atoms with Gasteiger partial charge in [-0.1, -0.05) is 6.92 Å². The van der Waals surface area contributed by atoms with Crippen molar-refractivity contribution in [2.24, 2.45) is 0 Å². The number of hydrogen-bond acceptors (Lipinski definition) is 3. The number of rotatable bonds is 3. The quantitative estimate of drug-likeness (QED) is 0.886. The zero-order valence-electron chi connectivity index (χ0n) is 7.84. The third-order valence-corrected chi connectivity index (χ3v) is 2.59. The molecule has 0 amide bonds. The number of H-pyrrole nitrogens is 1. The van der Waals surface area contributed by atoms with E-state index in [1.54, 1.807) is 6.33 Å². The number of aromatic amines is 1. The van der Waals surface area contributed by atoms with Gasteiger partial charge in [-0.05, 0) is 22.4 Å². The molecule has 0 saturated carbocycles. The molecule has 2 rings (SSSR count). The predicted octanol–water partition coefficient (Wildman–Crippen LogP) is 2.54. The summed E-state index contributed by atoms with van der Waals surface area (Å²) in [7, 11) is 0. The van der Waals surface area contributed by atoms with Gasteiger partial charge in [-0.15, -0.1) is 0 Å². The van der Waals surface area contributed by atoms with Crippen LogP contribution in [0.25, 0.3) is 11.0 Å². The van der Waals surface area contributed by atoms with Crippen LogP contribution in [0.2, 0.25) is 0 Å². The zero-order valence-corrected chi connectivity index (χ0v) is 9.43. The van der Waals surface area contributed by atoms with Gasteiger partial charge < -0.3 is 10.3 Å². The van der Waals surface area contributed by atoms with Gasteiger partial charge in [0.25, 0.3) is 0 Å². The van der Waals surface area contributed by atoms with Gasteiger partial charge in [0.1, 0.15) is 17.8 Å². The molecule has 0 radical (unpaired) electrons. The minimum atomic E-state index is 0.852. The Hall–Kier alpha value is -1.10. The van der Waals surface area contributed by atoms with E-state index in [1.807, 2.05) is 6.20 Å². The molecule has 0 unspecified atom stereocenters. The average molecular weight is 255 g/mol. The maximum absolute atomic E-state index is 4.21. The topological polar surface area (TPSA) is 53.6 Å².